The van der Waals surface area contributed by atoms with E-state index >= 15 is 0 Å². The van der Waals surface area contributed by atoms with Gasteiger partial charge < -0.3 is 10.1 Å². The van der Waals surface area contributed by atoms with Crippen molar-refractivity contribution in [2.45, 2.75) is 12.8 Å². The summed E-state index contributed by atoms with van der Waals surface area (Å²) in [4.78, 5) is 10.8. The molecule has 1 aliphatic carbocycles. The average Bonchev–Trinajstić information content (AvgIpc) is 3.02. The van der Waals surface area contributed by atoms with Gasteiger partial charge in [0.05, 0.1) is 5.41 Å². The minimum atomic E-state index is -0.381. The van der Waals surface area contributed by atoms with Crippen LogP contribution < -0.4 is 5.32 Å². The van der Waals surface area contributed by atoms with Gasteiger partial charge in [0.15, 0.2) is 0 Å². The molecule has 2 rings (SSSR count). The second-order valence-electron chi connectivity index (χ2n) is 3.88. The largest absolute Gasteiger partial charge is 0.359 e. The van der Waals surface area contributed by atoms with E-state index in [1.807, 2.05) is 0 Å². The SMILES string of the molecule is C=C(Nc1ccc(F)cc1)C1(C=O)CC1. The van der Waals surface area contributed by atoms with Crippen LogP contribution >= 0.6 is 0 Å². The van der Waals surface area contributed by atoms with Crippen molar-refractivity contribution in [1.29, 1.82) is 0 Å². The van der Waals surface area contributed by atoms with Crippen LogP contribution in [0, 0.1) is 11.2 Å². The fourth-order valence-electron chi connectivity index (χ4n) is 1.46. The van der Waals surface area contributed by atoms with Gasteiger partial charge in [-0.05, 0) is 37.1 Å². The molecule has 1 N–H and O–H groups in total. The Kier molecular flexibility index (Phi) is 2.31. The van der Waals surface area contributed by atoms with Gasteiger partial charge in [0, 0.05) is 11.4 Å². The zero-order valence-electron chi connectivity index (χ0n) is 8.29. The van der Waals surface area contributed by atoms with E-state index in [2.05, 4.69) is 11.9 Å². The molecule has 0 heterocycles. The monoisotopic (exact) mass is 205 g/mol. The molecule has 0 radical (unpaired) electrons. The molecule has 1 saturated carbocycles. The molecule has 78 valence electrons. The third-order valence-corrected chi connectivity index (χ3v) is 2.75. The summed E-state index contributed by atoms with van der Waals surface area (Å²) in [6, 6.07) is 6.00. The normalized spacial score (nSPS) is 16.9. The predicted octanol–water partition coefficient (Wildman–Crippen LogP) is 2.73. The summed E-state index contributed by atoms with van der Waals surface area (Å²) in [7, 11) is 0. The molecule has 1 aliphatic rings. The van der Waals surface area contributed by atoms with Crippen LogP contribution in [0.1, 0.15) is 12.8 Å². The van der Waals surface area contributed by atoms with Gasteiger partial charge in [-0.3, -0.25) is 0 Å². The van der Waals surface area contributed by atoms with E-state index in [-0.39, 0.29) is 11.2 Å². The molecule has 0 unspecified atom stereocenters. The summed E-state index contributed by atoms with van der Waals surface area (Å²) < 4.78 is 12.6. The maximum absolute atomic E-state index is 12.6. The molecule has 0 spiro atoms. The van der Waals surface area contributed by atoms with Crippen molar-refractivity contribution < 1.29 is 9.18 Å². The van der Waals surface area contributed by atoms with Gasteiger partial charge in [-0.2, -0.15) is 0 Å². The van der Waals surface area contributed by atoms with Crippen LogP contribution in [0.3, 0.4) is 0 Å². The summed E-state index contributed by atoms with van der Waals surface area (Å²) in [5, 5.41) is 3.03. The topological polar surface area (TPSA) is 29.1 Å². The first-order valence-corrected chi connectivity index (χ1v) is 4.85. The average molecular weight is 205 g/mol. The molecular weight excluding hydrogens is 193 g/mol. The van der Waals surface area contributed by atoms with E-state index in [4.69, 9.17) is 0 Å². The van der Waals surface area contributed by atoms with Crippen molar-refractivity contribution in [3.05, 3.63) is 42.4 Å². The number of hydrogen-bond donors (Lipinski definition) is 1. The lowest BCUT2D eigenvalue weighted by molar-refractivity contribution is -0.111. The highest BCUT2D eigenvalue weighted by Crippen LogP contribution is 2.49. The van der Waals surface area contributed by atoms with E-state index in [9.17, 15) is 9.18 Å². The van der Waals surface area contributed by atoms with Crippen LogP contribution in [-0.4, -0.2) is 6.29 Å². The maximum Gasteiger partial charge on any atom is 0.131 e. The number of carbonyl (C=O) groups is 1. The molecule has 1 fully saturated rings. The fourth-order valence-corrected chi connectivity index (χ4v) is 1.46. The number of hydrogen-bond acceptors (Lipinski definition) is 2. The zero-order chi connectivity index (χ0) is 10.9. The summed E-state index contributed by atoms with van der Waals surface area (Å²) in [6.45, 7) is 3.84. The molecule has 0 atom stereocenters. The molecule has 0 amide bonds. The molecule has 1 aromatic rings. The Morgan fingerprint density at radius 1 is 1.40 bits per heavy atom. The summed E-state index contributed by atoms with van der Waals surface area (Å²) in [6.07, 6.45) is 2.64. The van der Waals surface area contributed by atoms with E-state index in [1.54, 1.807) is 12.1 Å². The molecule has 0 aromatic heterocycles. The predicted molar refractivity (Wildman–Crippen MR) is 56.9 cm³/mol. The number of halogens is 1. The first-order chi connectivity index (χ1) is 7.16. The van der Waals surface area contributed by atoms with Gasteiger partial charge in [0.1, 0.15) is 12.1 Å². The first-order valence-electron chi connectivity index (χ1n) is 4.85. The Labute approximate surface area is 87.8 Å². The smallest absolute Gasteiger partial charge is 0.131 e. The van der Waals surface area contributed by atoms with Crippen LogP contribution in [0.2, 0.25) is 0 Å². The second kappa shape index (κ2) is 3.50. The van der Waals surface area contributed by atoms with Crippen molar-refractivity contribution in [3.63, 3.8) is 0 Å². The quantitative estimate of drug-likeness (QED) is 0.766. The molecule has 0 aliphatic heterocycles. The lowest BCUT2D eigenvalue weighted by Gasteiger charge is -2.14. The molecule has 0 saturated heterocycles. The highest BCUT2D eigenvalue weighted by atomic mass is 19.1. The maximum atomic E-state index is 12.6. The molecule has 0 bridgehead atoms. The lowest BCUT2D eigenvalue weighted by Crippen LogP contribution is -2.12. The van der Waals surface area contributed by atoms with Crippen molar-refractivity contribution in [2.75, 3.05) is 5.32 Å². The van der Waals surface area contributed by atoms with E-state index in [0.29, 0.717) is 5.70 Å². The van der Waals surface area contributed by atoms with Crippen LogP contribution in [0.5, 0.6) is 0 Å². The number of anilines is 1. The van der Waals surface area contributed by atoms with Crippen LogP contribution in [0.4, 0.5) is 10.1 Å². The Hall–Kier alpha value is -1.64. The second-order valence-corrected chi connectivity index (χ2v) is 3.88. The van der Waals surface area contributed by atoms with E-state index in [0.717, 1.165) is 24.8 Å². The van der Waals surface area contributed by atoms with Gasteiger partial charge in [0.2, 0.25) is 0 Å². The Balaban J connectivity index is 2.06. The van der Waals surface area contributed by atoms with Crippen molar-refractivity contribution in [2.24, 2.45) is 5.41 Å². The Morgan fingerprint density at radius 3 is 2.47 bits per heavy atom. The molecule has 15 heavy (non-hydrogen) atoms. The third-order valence-electron chi connectivity index (χ3n) is 2.75. The zero-order valence-corrected chi connectivity index (χ0v) is 8.29. The minimum Gasteiger partial charge on any atom is -0.359 e. The van der Waals surface area contributed by atoms with Crippen molar-refractivity contribution in [3.8, 4) is 0 Å². The number of carbonyl (C=O) groups excluding carboxylic acids is 1. The highest BCUT2D eigenvalue weighted by molar-refractivity contribution is 5.71. The van der Waals surface area contributed by atoms with Crippen LogP contribution in [0.15, 0.2) is 36.5 Å². The lowest BCUT2D eigenvalue weighted by atomic mass is 10.1. The van der Waals surface area contributed by atoms with Gasteiger partial charge in [-0.1, -0.05) is 6.58 Å². The first kappa shape index (κ1) is 9.90. The molecule has 2 nitrogen and oxygen atoms in total. The van der Waals surface area contributed by atoms with Gasteiger partial charge in [0.25, 0.3) is 0 Å². The number of aldehydes is 1. The number of allylic oxidation sites excluding steroid dienone is 1. The summed E-state index contributed by atoms with van der Waals surface area (Å²) in [5.74, 6) is -0.275. The molecular formula is C12H12FNO. The van der Waals surface area contributed by atoms with Crippen molar-refractivity contribution >= 4 is 12.0 Å². The van der Waals surface area contributed by atoms with Crippen LogP contribution in [0.25, 0.3) is 0 Å². The summed E-state index contributed by atoms with van der Waals surface area (Å²) >= 11 is 0. The third kappa shape index (κ3) is 1.91. The molecule has 1 aromatic carbocycles. The number of rotatable bonds is 4. The Bertz CT molecular complexity index is 393. The highest BCUT2D eigenvalue weighted by Gasteiger charge is 2.45. The minimum absolute atomic E-state index is 0.275. The van der Waals surface area contributed by atoms with Gasteiger partial charge in [-0.25, -0.2) is 4.39 Å². The van der Waals surface area contributed by atoms with E-state index in [1.165, 1.54) is 12.1 Å². The number of nitrogens with one attached hydrogen (secondary N) is 1. The Morgan fingerprint density at radius 2 is 2.00 bits per heavy atom. The van der Waals surface area contributed by atoms with Crippen molar-refractivity contribution in [1.82, 2.24) is 0 Å². The van der Waals surface area contributed by atoms with Gasteiger partial charge >= 0.3 is 0 Å². The summed E-state index contributed by atoms with van der Waals surface area (Å²) in [5.41, 5.74) is 1.08. The fraction of sp³-hybridized carbons (Fsp3) is 0.250. The van der Waals surface area contributed by atoms with E-state index < -0.39 is 0 Å². The standard InChI is InChI=1S/C12H12FNO/c1-9(12(8-15)6-7-12)14-11-4-2-10(13)3-5-11/h2-5,8,14H,1,6-7H2. The molecule has 3 heteroatoms. The van der Waals surface area contributed by atoms with Crippen LogP contribution in [-0.2, 0) is 4.79 Å². The van der Waals surface area contributed by atoms with Gasteiger partial charge in [-0.15, -0.1) is 0 Å². The number of benzene rings is 1.